The molecule has 236 valence electrons. The van der Waals surface area contributed by atoms with Crippen LogP contribution >= 0.6 is 0 Å². The highest BCUT2D eigenvalue weighted by molar-refractivity contribution is 6.08. The van der Waals surface area contributed by atoms with E-state index in [-0.39, 0.29) is 5.91 Å². The summed E-state index contributed by atoms with van der Waals surface area (Å²) in [5.74, 6) is -0.227. The van der Waals surface area contributed by atoms with Crippen LogP contribution in [0.2, 0.25) is 0 Å². The van der Waals surface area contributed by atoms with E-state index in [4.69, 9.17) is 0 Å². The molecule has 3 N–H and O–H groups in total. The highest BCUT2D eigenvalue weighted by Crippen LogP contribution is 2.32. The molecule has 1 atom stereocenters. The minimum Gasteiger partial charge on any atom is -0.354 e. The van der Waals surface area contributed by atoms with Crippen molar-refractivity contribution >= 4 is 28.5 Å². The molecule has 0 radical (unpaired) electrons. The number of carbonyl (C=O) groups excluding carboxylic acids is 2. The minimum atomic E-state index is -4.44. The molecule has 3 aromatic carbocycles. The van der Waals surface area contributed by atoms with Gasteiger partial charge in [-0.1, -0.05) is 62.2 Å². The fourth-order valence-corrected chi connectivity index (χ4v) is 5.10. The summed E-state index contributed by atoms with van der Waals surface area (Å²) in [5, 5.41) is 10.0. The lowest BCUT2D eigenvalue weighted by molar-refractivity contribution is -0.137. The molecule has 0 saturated carbocycles. The number of hydrogen-bond acceptors (Lipinski definition) is 5. The number of alkyl halides is 3. The zero-order valence-electron chi connectivity index (χ0n) is 25.3. The highest BCUT2D eigenvalue weighted by atomic mass is 19.4. The molecular weight excluding hydrogens is 591 g/mol. The van der Waals surface area contributed by atoms with Crippen molar-refractivity contribution in [1.29, 1.82) is 0 Å². The fraction of sp³-hybridized carbons (Fsp3) is 0.222. The van der Waals surface area contributed by atoms with Crippen LogP contribution in [0, 0.1) is 0 Å². The Kier molecular flexibility index (Phi) is 10.4. The summed E-state index contributed by atoms with van der Waals surface area (Å²) in [6.07, 6.45) is 0.264. The first-order valence-corrected chi connectivity index (χ1v) is 15.1. The summed E-state index contributed by atoms with van der Waals surface area (Å²) in [4.78, 5) is 35.3. The number of hydrogen-bond donors (Lipinski definition) is 3. The number of nitrogens with one attached hydrogen (secondary N) is 3. The Hall–Kier alpha value is -5.09. The van der Waals surface area contributed by atoms with Crippen LogP contribution in [0.1, 0.15) is 59.4 Å². The van der Waals surface area contributed by atoms with Crippen molar-refractivity contribution in [1.82, 2.24) is 20.6 Å². The number of pyridine rings is 2. The van der Waals surface area contributed by atoms with Crippen molar-refractivity contribution in [3.8, 4) is 11.1 Å². The second-order valence-electron chi connectivity index (χ2n) is 10.9. The maximum Gasteiger partial charge on any atom is 0.416 e. The summed E-state index contributed by atoms with van der Waals surface area (Å²) >= 11 is 0. The average molecular weight is 626 g/mol. The van der Waals surface area contributed by atoms with Gasteiger partial charge in [-0.25, -0.2) is 4.98 Å². The van der Waals surface area contributed by atoms with Crippen LogP contribution in [0.3, 0.4) is 0 Å². The lowest BCUT2D eigenvalue weighted by Crippen LogP contribution is -2.38. The number of rotatable bonds is 12. The molecule has 0 fully saturated rings. The second kappa shape index (κ2) is 14.8. The van der Waals surface area contributed by atoms with E-state index in [9.17, 15) is 22.8 Å². The lowest BCUT2D eigenvalue weighted by atomic mass is 9.98. The molecule has 0 unspecified atom stereocenters. The zero-order chi connectivity index (χ0) is 32.5. The van der Waals surface area contributed by atoms with Gasteiger partial charge in [-0.15, -0.1) is 0 Å². The van der Waals surface area contributed by atoms with Gasteiger partial charge in [0.15, 0.2) is 0 Å². The van der Waals surface area contributed by atoms with Gasteiger partial charge in [0.2, 0.25) is 5.91 Å². The summed E-state index contributed by atoms with van der Waals surface area (Å²) in [6, 6.07) is 25.6. The smallest absolute Gasteiger partial charge is 0.354 e. The van der Waals surface area contributed by atoms with Crippen molar-refractivity contribution in [2.24, 2.45) is 0 Å². The topological polar surface area (TPSA) is 96.0 Å². The number of unbranched alkanes of at least 4 members (excludes halogenated alkanes) is 2. The summed E-state index contributed by atoms with van der Waals surface area (Å²) in [5.41, 5.74) is 2.79. The quantitative estimate of drug-likeness (QED) is 0.124. The number of fused-ring (bicyclic) bond motifs is 1. The summed E-state index contributed by atoms with van der Waals surface area (Å²) in [7, 11) is 0. The monoisotopic (exact) mass is 625 g/mol. The molecule has 0 aliphatic heterocycles. The number of carbonyl (C=O) groups is 2. The third-order valence-corrected chi connectivity index (χ3v) is 7.53. The Morgan fingerprint density at radius 1 is 0.870 bits per heavy atom. The van der Waals surface area contributed by atoms with E-state index >= 15 is 0 Å². The van der Waals surface area contributed by atoms with Crippen molar-refractivity contribution < 1.29 is 22.8 Å². The minimum absolute atomic E-state index is 0.127. The van der Waals surface area contributed by atoms with Crippen molar-refractivity contribution in [2.75, 3.05) is 11.9 Å². The Labute approximate surface area is 265 Å². The van der Waals surface area contributed by atoms with Crippen molar-refractivity contribution in [3.63, 3.8) is 0 Å². The van der Waals surface area contributed by atoms with Crippen LogP contribution in [0.5, 0.6) is 0 Å². The largest absolute Gasteiger partial charge is 0.416 e. The molecule has 0 saturated heterocycles. The Morgan fingerprint density at radius 3 is 2.39 bits per heavy atom. The molecule has 10 heteroatoms. The Bertz CT molecular complexity index is 1790. The SMILES string of the molecule is CCCCCNC(=O)[C@@H](NCc1ccc2nc(NC(=O)c3ccccc3-c3ccc(C(F)(F)F)cc3)ccc2c1)c1ccccn1. The molecule has 2 heterocycles. The van der Waals surface area contributed by atoms with E-state index < -0.39 is 23.7 Å². The van der Waals surface area contributed by atoms with Crippen LogP contribution in [0.4, 0.5) is 19.0 Å². The predicted molar refractivity (Wildman–Crippen MR) is 173 cm³/mol. The Morgan fingerprint density at radius 2 is 1.65 bits per heavy atom. The molecule has 0 aliphatic carbocycles. The zero-order valence-corrected chi connectivity index (χ0v) is 25.3. The van der Waals surface area contributed by atoms with Crippen LogP contribution in [-0.2, 0) is 17.5 Å². The molecule has 46 heavy (non-hydrogen) atoms. The number of benzene rings is 3. The maximum atomic E-state index is 13.3. The molecule has 0 bridgehead atoms. The highest BCUT2D eigenvalue weighted by Gasteiger charge is 2.30. The molecule has 0 spiro atoms. The number of anilines is 1. The first-order valence-electron chi connectivity index (χ1n) is 15.1. The van der Waals surface area contributed by atoms with Crippen LogP contribution < -0.4 is 16.0 Å². The van der Waals surface area contributed by atoms with Gasteiger partial charge >= 0.3 is 6.18 Å². The number of amides is 2. The molecule has 5 aromatic rings. The van der Waals surface area contributed by atoms with Gasteiger partial charge in [-0.3, -0.25) is 19.9 Å². The first-order chi connectivity index (χ1) is 22.2. The molecule has 2 aromatic heterocycles. The third-order valence-electron chi connectivity index (χ3n) is 7.53. The van der Waals surface area contributed by atoms with Crippen molar-refractivity contribution in [2.45, 2.75) is 44.9 Å². The molecule has 0 aliphatic rings. The Balaban J connectivity index is 1.27. The predicted octanol–water partition coefficient (Wildman–Crippen LogP) is 7.71. The molecule has 7 nitrogen and oxygen atoms in total. The van der Waals surface area contributed by atoms with E-state index in [0.717, 1.165) is 42.3 Å². The van der Waals surface area contributed by atoms with E-state index in [2.05, 4.69) is 32.8 Å². The maximum absolute atomic E-state index is 13.3. The normalized spacial score (nSPS) is 12.1. The fourth-order valence-electron chi connectivity index (χ4n) is 5.10. The number of nitrogens with zero attached hydrogens (tertiary/aromatic N) is 2. The van der Waals surface area contributed by atoms with Gasteiger partial charge < -0.3 is 10.6 Å². The number of aromatic nitrogens is 2. The van der Waals surface area contributed by atoms with E-state index in [1.807, 2.05) is 42.5 Å². The van der Waals surface area contributed by atoms with Crippen molar-refractivity contribution in [3.05, 3.63) is 126 Å². The van der Waals surface area contributed by atoms with Gasteiger partial charge in [-0.05, 0) is 77.7 Å². The van der Waals surface area contributed by atoms with E-state index in [1.54, 1.807) is 36.5 Å². The summed E-state index contributed by atoms with van der Waals surface area (Å²) in [6.45, 7) is 3.14. The lowest BCUT2D eigenvalue weighted by Gasteiger charge is -2.18. The van der Waals surface area contributed by atoms with Crippen LogP contribution in [0.25, 0.3) is 22.0 Å². The first kappa shape index (κ1) is 32.3. The van der Waals surface area contributed by atoms with Gasteiger partial charge in [0.05, 0.1) is 16.8 Å². The molecular formula is C36H34F3N5O2. The second-order valence-corrected chi connectivity index (χ2v) is 10.9. The standard InChI is InChI=1S/C36H34F3N5O2/c1-2-3-7-21-41-35(46)33(31-11-6-8-20-40-31)42-23-24-12-18-30-26(22-24)15-19-32(43-30)44-34(45)29-10-5-4-9-28(29)25-13-16-27(17-14-25)36(37,38)39/h4-6,8-20,22,33,42H,2-3,7,21,23H2,1H3,(H,41,46)(H,43,44,45)/t33-/m0/s1. The van der Waals surface area contributed by atoms with Gasteiger partial charge in [0, 0.05) is 30.2 Å². The summed E-state index contributed by atoms with van der Waals surface area (Å²) < 4.78 is 39.1. The molecule has 2 amide bonds. The third kappa shape index (κ3) is 8.13. The van der Waals surface area contributed by atoms with Crippen LogP contribution in [0.15, 0.2) is 103 Å². The van der Waals surface area contributed by atoms with Gasteiger partial charge in [-0.2, -0.15) is 13.2 Å². The van der Waals surface area contributed by atoms with E-state index in [0.29, 0.717) is 46.8 Å². The van der Waals surface area contributed by atoms with E-state index in [1.165, 1.54) is 12.1 Å². The van der Waals surface area contributed by atoms with Gasteiger partial charge in [0.1, 0.15) is 11.9 Å². The molecule has 5 rings (SSSR count). The van der Waals surface area contributed by atoms with Gasteiger partial charge in [0.25, 0.3) is 5.91 Å². The average Bonchev–Trinajstić information content (AvgIpc) is 3.07. The van der Waals surface area contributed by atoms with Crippen LogP contribution in [-0.4, -0.2) is 28.3 Å². The number of halogens is 3.